The third-order valence-corrected chi connectivity index (χ3v) is 4.28. The molecule has 0 heterocycles. The number of hydrogen-bond acceptors (Lipinski definition) is 3. The standard InChI is InChI=1S/C16H25NO2/c1-3-12-6-4-5-7-15(12)17-11-13-8-9-14(19-2)10-16(13)18/h8-10,12,15,17-18H,3-7,11H2,1-2H3. The molecule has 0 aliphatic heterocycles. The summed E-state index contributed by atoms with van der Waals surface area (Å²) in [6.07, 6.45) is 6.53. The van der Waals surface area contributed by atoms with Gasteiger partial charge in [-0.05, 0) is 24.8 Å². The Morgan fingerprint density at radius 3 is 2.79 bits per heavy atom. The highest BCUT2D eigenvalue weighted by atomic mass is 16.5. The SMILES string of the molecule is CCC1CCCCC1NCc1ccc(OC)cc1O. The molecular formula is C16H25NO2. The molecule has 2 N–H and O–H groups in total. The number of aromatic hydroxyl groups is 1. The van der Waals surface area contributed by atoms with Crippen molar-refractivity contribution in [3.63, 3.8) is 0 Å². The normalized spacial score (nSPS) is 23.3. The van der Waals surface area contributed by atoms with Crippen molar-refractivity contribution in [2.75, 3.05) is 7.11 Å². The van der Waals surface area contributed by atoms with Gasteiger partial charge in [0.25, 0.3) is 0 Å². The van der Waals surface area contributed by atoms with Crippen LogP contribution in [0.1, 0.15) is 44.6 Å². The van der Waals surface area contributed by atoms with E-state index >= 15 is 0 Å². The molecule has 106 valence electrons. The van der Waals surface area contributed by atoms with Gasteiger partial charge < -0.3 is 15.2 Å². The number of nitrogens with one attached hydrogen (secondary N) is 1. The van der Waals surface area contributed by atoms with Gasteiger partial charge in [-0.3, -0.25) is 0 Å². The summed E-state index contributed by atoms with van der Waals surface area (Å²) in [6, 6.07) is 6.11. The van der Waals surface area contributed by atoms with Crippen molar-refractivity contribution in [3.05, 3.63) is 23.8 Å². The summed E-state index contributed by atoms with van der Waals surface area (Å²) >= 11 is 0. The highest BCUT2D eigenvalue weighted by Gasteiger charge is 2.23. The van der Waals surface area contributed by atoms with Gasteiger partial charge in [-0.1, -0.05) is 32.3 Å². The number of phenols is 1. The van der Waals surface area contributed by atoms with E-state index in [-0.39, 0.29) is 0 Å². The zero-order chi connectivity index (χ0) is 13.7. The summed E-state index contributed by atoms with van der Waals surface area (Å²) in [5.74, 6) is 1.80. The predicted octanol–water partition coefficient (Wildman–Crippen LogP) is 3.46. The molecule has 2 atom stereocenters. The fraction of sp³-hybridized carbons (Fsp3) is 0.625. The Bertz CT molecular complexity index is 406. The maximum atomic E-state index is 9.96. The van der Waals surface area contributed by atoms with Crippen LogP contribution in [0.25, 0.3) is 0 Å². The van der Waals surface area contributed by atoms with E-state index in [9.17, 15) is 5.11 Å². The van der Waals surface area contributed by atoms with Gasteiger partial charge in [0.2, 0.25) is 0 Å². The van der Waals surface area contributed by atoms with Gasteiger partial charge in [0.15, 0.2) is 0 Å². The lowest BCUT2D eigenvalue weighted by Crippen LogP contribution is -2.37. The third kappa shape index (κ3) is 3.63. The quantitative estimate of drug-likeness (QED) is 0.855. The molecule has 0 radical (unpaired) electrons. The van der Waals surface area contributed by atoms with Crippen molar-refractivity contribution in [1.82, 2.24) is 5.32 Å². The molecule has 1 aromatic rings. The zero-order valence-electron chi connectivity index (χ0n) is 12.0. The Hall–Kier alpha value is -1.22. The first-order valence-corrected chi connectivity index (χ1v) is 7.33. The van der Waals surface area contributed by atoms with Crippen molar-refractivity contribution in [2.24, 2.45) is 5.92 Å². The Morgan fingerprint density at radius 1 is 1.32 bits per heavy atom. The molecule has 3 heteroatoms. The van der Waals surface area contributed by atoms with E-state index in [0.29, 0.717) is 17.5 Å². The van der Waals surface area contributed by atoms with Crippen LogP contribution in [0.15, 0.2) is 18.2 Å². The van der Waals surface area contributed by atoms with Gasteiger partial charge >= 0.3 is 0 Å². The molecule has 1 fully saturated rings. The Balaban J connectivity index is 1.94. The minimum atomic E-state index is 0.315. The van der Waals surface area contributed by atoms with E-state index in [0.717, 1.165) is 18.0 Å². The van der Waals surface area contributed by atoms with Crippen LogP contribution < -0.4 is 10.1 Å². The molecule has 1 aliphatic rings. The number of hydrogen-bond donors (Lipinski definition) is 2. The van der Waals surface area contributed by atoms with Crippen LogP contribution in [0.3, 0.4) is 0 Å². The summed E-state index contributed by atoms with van der Waals surface area (Å²) in [5.41, 5.74) is 0.946. The van der Waals surface area contributed by atoms with Crippen LogP contribution >= 0.6 is 0 Å². The van der Waals surface area contributed by atoms with E-state index in [1.54, 1.807) is 13.2 Å². The van der Waals surface area contributed by atoms with E-state index in [2.05, 4.69) is 12.2 Å². The predicted molar refractivity (Wildman–Crippen MR) is 77.5 cm³/mol. The maximum Gasteiger partial charge on any atom is 0.123 e. The van der Waals surface area contributed by atoms with E-state index in [4.69, 9.17) is 4.74 Å². The van der Waals surface area contributed by atoms with Gasteiger partial charge in [0, 0.05) is 24.2 Å². The molecule has 2 rings (SSSR count). The smallest absolute Gasteiger partial charge is 0.123 e. The lowest BCUT2D eigenvalue weighted by Gasteiger charge is -2.31. The molecule has 1 aromatic carbocycles. The van der Waals surface area contributed by atoms with Gasteiger partial charge in [-0.15, -0.1) is 0 Å². The number of benzene rings is 1. The first-order chi connectivity index (χ1) is 9.24. The molecule has 0 saturated heterocycles. The summed E-state index contributed by atoms with van der Waals surface area (Å²) in [7, 11) is 1.61. The fourth-order valence-corrected chi connectivity index (χ4v) is 3.03. The average Bonchev–Trinajstić information content (AvgIpc) is 2.46. The Labute approximate surface area is 116 Å². The molecule has 19 heavy (non-hydrogen) atoms. The second-order valence-corrected chi connectivity index (χ2v) is 5.43. The second kappa shape index (κ2) is 6.80. The van der Waals surface area contributed by atoms with Gasteiger partial charge in [0.05, 0.1) is 7.11 Å². The van der Waals surface area contributed by atoms with E-state index in [1.807, 2.05) is 12.1 Å². The third-order valence-electron chi connectivity index (χ3n) is 4.28. The molecule has 0 amide bonds. The summed E-state index contributed by atoms with van der Waals surface area (Å²) in [5, 5.41) is 13.6. The molecule has 1 aliphatic carbocycles. The lowest BCUT2D eigenvalue weighted by atomic mass is 9.83. The van der Waals surface area contributed by atoms with Crippen LogP contribution in [0.4, 0.5) is 0 Å². The van der Waals surface area contributed by atoms with Crippen molar-refractivity contribution < 1.29 is 9.84 Å². The van der Waals surface area contributed by atoms with Crippen LogP contribution in [-0.4, -0.2) is 18.3 Å². The molecule has 1 saturated carbocycles. The van der Waals surface area contributed by atoms with Crippen molar-refractivity contribution in [1.29, 1.82) is 0 Å². The zero-order valence-corrected chi connectivity index (χ0v) is 12.0. The van der Waals surface area contributed by atoms with Crippen molar-refractivity contribution >= 4 is 0 Å². The van der Waals surface area contributed by atoms with Gasteiger partial charge in [-0.2, -0.15) is 0 Å². The number of methoxy groups -OCH3 is 1. The highest BCUT2D eigenvalue weighted by molar-refractivity contribution is 5.39. The van der Waals surface area contributed by atoms with Gasteiger partial charge in [-0.25, -0.2) is 0 Å². The van der Waals surface area contributed by atoms with Crippen LogP contribution in [0.2, 0.25) is 0 Å². The second-order valence-electron chi connectivity index (χ2n) is 5.43. The molecule has 3 nitrogen and oxygen atoms in total. The van der Waals surface area contributed by atoms with Crippen molar-refractivity contribution in [2.45, 2.75) is 51.6 Å². The first-order valence-electron chi connectivity index (χ1n) is 7.33. The molecule has 2 unspecified atom stereocenters. The average molecular weight is 263 g/mol. The lowest BCUT2D eigenvalue weighted by molar-refractivity contribution is 0.253. The molecule has 0 aromatic heterocycles. The summed E-state index contributed by atoms with van der Waals surface area (Å²) in [4.78, 5) is 0. The fourth-order valence-electron chi connectivity index (χ4n) is 3.03. The van der Waals surface area contributed by atoms with Crippen LogP contribution in [0.5, 0.6) is 11.5 Å². The van der Waals surface area contributed by atoms with E-state index < -0.39 is 0 Å². The molecule has 0 bridgehead atoms. The van der Waals surface area contributed by atoms with Gasteiger partial charge in [0.1, 0.15) is 11.5 Å². The number of rotatable bonds is 5. The topological polar surface area (TPSA) is 41.5 Å². The first kappa shape index (κ1) is 14.2. The van der Waals surface area contributed by atoms with Crippen LogP contribution in [0, 0.1) is 5.92 Å². The number of phenolic OH excluding ortho intramolecular Hbond substituents is 1. The minimum absolute atomic E-state index is 0.315. The Kier molecular flexibility index (Phi) is 5.08. The summed E-state index contributed by atoms with van der Waals surface area (Å²) in [6.45, 7) is 3.01. The summed E-state index contributed by atoms with van der Waals surface area (Å²) < 4.78 is 5.10. The highest BCUT2D eigenvalue weighted by Crippen LogP contribution is 2.28. The minimum Gasteiger partial charge on any atom is -0.507 e. The maximum absolute atomic E-state index is 9.96. The van der Waals surface area contributed by atoms with Crippen LogP contribution in [-0.2, 0) is 6.54 Å². The molecule has 0 spiro atoms. The Morgan fingerprint density at radius 2 is 2.11 bits per heavy atom. The van der Waals surface area contributed by atoms with Crippen molar-refractivity contribution in [3.8, 4) is 11.5 Å². The monoisotopic (exact) mass is 263 g/mol. The molecular weight excluding hydrogens is 238 g/mol. The van der Waals surface area contributed by atoms with E-state index in [1.165, 1.54) is 32.1 Å². The number of ether oxygens (including phenoxy) is 1. The largest absolute Gasteiger partial charge is 0.507 e.